The number of amides is 1. The van der Waals surface area contributed by atoms with Crippen LogP contribution in [0.25, 0.3) is 0 Å². The van der Waals surface area contributed by atoms with Gasteiger partial charge in [0.25, 0.3) is 0 Å². The molecule has 1 aliphatic rings. The molecule has 1 fully saturated rings. The standard InChI is InChI=1S/C23H30N4O3/c1-24-23(27-19-11-12-20(29-2)21(14-19)30-3)25-15-16-7-6-10-18(13-16)26-22(28)17-8-4-5-9-17/h6-7,10-14,17H,4-5,8-9,15H2,1-3H3,(H,26,28)(H2,24,25,27). The first-order chi connectivity index (χ1) is 14.6. The molecular formula is C23H30N4O3. The van der Waals surface area contributed by atoms with E-state index >= 15 is 0 Å². The first-order valence-corrected chi connectivity index (χ1v) is 10.2. The van der Waals surface area contributed by atoms with Gasteiger partial charge in [0.15, 0.2) is 17.5 Å². The summed E-state index contributed by atoms with van der Waals surface area (Å²) in [5.74, 6) is 2.22. The summed E-state index contributed by atoms with van der Waals surface area (Å²) in [4.78, 5) is 16.6. The van der Waals surface area contributed by atoms with Gasteiger partial charge in [-0.3, -0.25) is 9.79 Å². The average Bonchev–Trinajstić information content (AvgIpc) is 3.32. The van der Waals surface area contributed by atoms with Crippen molar-refractivity contribution in [3.8, 4) is 11.5 Å². The normalized spacial score (nSPS) is 14.3. The third kappa shape index (κ3) is 5.65. The summed E-state index contributed by atoms with van der Waals surface area (Å²) in [6.45, 7) is 0.570. The van der Waals surface area contributed by atoms with Crippen LogP contribution in [0.5, 0.6) is 11.5 Å². The van der Waals surface area contributed by atoms with Crippen LogP contribution < -0.4 is 25.4 Å². The number of hydrogen-bond donors (Lipinski definition) is 3. The third-order valence-electron chi connectivity index (χ3n) is 5.25. The minimum absolute atomic E-state index is 0.128. The molecule has 3 N–H and O–H groups in total. The SMILES string of the molecule is CN=C(NCc1cccc(NC(=O)C2CCCC2)c1)Nc1ccc(OC)c(OC)c1. The number of hydrogen-bond acceptors (Lipinski definition) is 4. The molecule has 1 amide bonds. The molecule has 30 heavy (non-hydrogen) atoms. The number of methoxy groups -OCH3 is 2. The maximum absolute atomic E-state index is 12.4. The molecule has 7 nitrogen and oxygen atoms in total. The van der Waals surface area contributed by atoms with E-state index in [4.69, 9.17) is 9.47 Å². The molecular weight excluding hydrogens is 380 g/mol. The fourth-order valence-electron chi connectivity index (χ4n) is 3.61. The summed E-state index contributed by atoms with van der Waals surface area (Å²) in [5, 5.41) is 9.58. The van der Waals surface area contributed by atoms with Crippen molar-refractivity contribution in [1.82, 2.24) is 5.32 Å². The van der Waals surface area contributed by atoms with Crippen LogP contribution in [0.3, 0.4) is 0 Å². The van der Waals surface area contributed by atoms with Crippen LogP contribution in [-0.4, -0.2) is 33.1 Å². The van der Waals surface area contributed by atoms with Crippen molar-refractivity contribution in [3.63, 3.8) is 0 Å². The minimum atomic E-state index is 0.128. The van der Waals surface area contributed by atoms with E-state index in [-0.39, 0.29) is 11.8 Å². The molecule has 0 heterocycles. The van der Waals surface area contributed by atoms with Crippen LogP contribution >= 0.6 is 0 Å². The van der Waals surface area contributed by atoms with E-state index in [1.165, 1.54) is 0 Å². The molecule has 0 saturated heterocycles. The van der Waals surface area contributed by atoms with Gasteiger partial charge >= 0.3 is 0 Å². The molecule has 0 radical (unpaired) electrons. The Kier molecular flexibility index (Phi) is 7.54. The number of carbonyl (C=O) groups excluding carboxylic acids is 1. The summed E-state index contributed by atoms with van der Waals surface area (Å²) in [6.07, 6.45) is 4.28. The maximum atomic E-state index is 12.4. The molecule has 0 aliphatic heterocycles. The highest BCUT2D eigenvalue weighted by Gasteiger charge is 2.22. The van der Waals surface area contributed by atoms with Gasteiger partial charge in [0.05, 0.1) is 14.2 Å². The largest absolute Gasteiger partial charge is 0.493 e. The topological polar surface area (TPSA) is 84.0 Å². The second kappa shape index (κ2) is 10.5. The highest BCUT2D eigenvalue weighted by Crippen LogP contribution is 2.29. The number of carbonyl (C=O) groups is 1. The number of rotatable bonds is 7. The Balaban J connectivity index is 1.58. The second-order valence-electron chi connectivity index (χ2n) is 7.29. The van der Waals surface area contributed by atoms with Crippen molar-refractivity contribution < 1.29 is 14.3 Å². The van der Waals surface area contributed by atoms with E-state index in [1.54, 1.807) is 21.3 Å². The van der Waals surface area contributed by atoms with Gasteiger partial charge in [-0.1, -0.05) is 25.0 Å². The summed E-state index contributed by atoms with van der Waals surface area (Å²) in [5.41, 5.74) is 2.71. The fraction of sp³-hybridized carbons (Fsp3) is 0.391. The predicted molar refractivity (Wildman–Crippen MR) is 120 cm³/mol. The monoisotopic (exact) mass is 410 g/mol. The van der Waals surface area contributed by atoms with Crippen molar-refractivity contribution >= 4 is 23.2 Å². The highest BCUT2D eigenvalue weighted by atomic mass is 16.5. The van der Waals surface area contributed by atoms with E-state index < -0.39 is 0 Å². The van der Waals surface area contributed by atoms with Crippen LogP contribution in [0.4, 0.5) is 11.4 Å². The molecule has 2 aromatic rings. The molecule has 7 heteroatoms. The number of nitrogens with one attached hydrogen (secondary N) is 3. The average molecular weight is 411 g/mol. The molecule has 1 saturated carbocycles. The maximum Gasteiger partial charge on any atom is 0.227 e. The lowest BCUT2D eigenvalue weighted by atomic mass is 10.1. The lowest BCUT2D eigenvalue weighted by Crippen LogP contribution is -2.30. The van der Waals surface area contributed by atoms with Crippen molar-refractivity contribution in [1.29, 1.82) is 0 Å². The van der Waals surface area contributed by atoms with Gasteiger partial charge in [-0.25, -0.2) is 0 Å². The predicted octanol–water partition coefficient (Wildman–Crippen LogP) is 4.02. The zero-order valence-electron chi connectivity index (χ0n) is 17.8. The number of aliphatic imine (C=N–C) groups is 1. The zero-order chi connectivity index (χ0) is 21.3. The van der Waals surface area contributed by atoms with Gasteiger partial charge in [-0.2, -0.15) is 0 Å². The summed E-state index contributed by atoms with van der Waals surface area (Å²) >= 11 is 0. The van der Waals surface area contributed by atoms with Crippen LogP contribution in [0, 0.1) is 5.92 Å². The summed E-state index contributed by atoms with van der Waals surface area (Å²) in [6, 6.07) is 13.5. The Labute approximate surface area is 177 Å². The van der Waals surface area contributed by atoms with E-state index in [0.717, 1.165) is 42.6 Å². The second-order valence-corrected chi connectivity index (χ2v) is 7.29. The number of anilines is 2. The van der Waals surface area contributed by atoms with Gasteiger partial charge in [0.2, 0.25) is 5.91 Å². The Morgan fingerprint density at radius 1 is 1.00 bits per heavy atom. The number of nitrogens with zero attached hydrogens (tertiary/aromatic N) is 1. The molecule has 2 aromatic carbocycles. The smallest absolute Gasteiger partial charge is 0.227 e. The highest BCUT2D eigenvalue weighted by molar-refractivity contribution is 5.94. The first-order valence-electron chi connectivity index (χ1n) is 10.2. The number of ether oxygens (including phenoxy) is 2. The van der Waals surface area contributed by atoms with Crippen LogP contribution in [0.1, 0.15) is 31.2 Å². The first kappa shape index (κ1) is 21.5. The third-order valence-corrected chi connectivity index (χ3v) is 5.25. The summed E-state index contributed by atoms with van der Waals surface area (Å²) < 4.78 is 10.6. The van der Waals surface area contributed by atoms with Crippen LogP contribution in [-0.2, 0) is 11.3 Å². The van der Waals surface area contributed by atoms with Gasteiger partial charge in [-0.05, 0) is 42.7 Å². The van der Waals surface area contributed by atoms with Gasteiger partial charge in [-0.15, -0.1) is 0 Å². The van der Waals surface area contributed by atoms with E-state index in [0.29, 0.717) is 24.0 Å². The molecule has 0 aromatic heterocycles. The number of guanidine groups is 1. The van der Waals surface area contributed by atoms with Gasteiger partial charge in [0.1, 0.15) is 0 Å². The Morgan fingerprint density at radius 2 is 1.73 bits per heavy atom. The minimum Gasteiger partial charge on any atom is -0.493 e. The van der Waals surface area contributed by atoms with E-state index in [2.05, 4.69) is 20.9 Å². The molecule has 1 aliphatic carbocycles. The molecule has 0 spiro atoms. The molecule has 0 bridgehead atoms. The molecule has 0 unspecified atom stereocenters. The van der Waals surface area contributed by atoms with Crippen LogP contribution in [0.15, 0.2) is 47.5 Å². The Hall–Kier alpha value is -3.22. The van der Waals surface area contributed by atoms with Crippen molar-refractivity contribution in [2.45, 2.75) is 32.2 Å². The Morgan fingerprint density at radius 3 is 2.43 bits per heavy atom. The van der Waals surface area contributed by atoms with Crippen molar-refractivity contribution in [2.75, 3.05) is 31.9 Å². The van der Waals surface area contributed by atoms with Crippen molar-refractivity contribution in [2.24, 2.45) is 10.9 Å². The lowest BCUT2D eigenvalue weighted by molar-refractivity contribution is -0.119. The van der Waals surface area contributed by atoms with Crippen molar-refractivity contribution in [3.05, 3.63) is 48.0 Å². The summed E-state index contributed by atoms with van der Waals surface area (Å²) in [7, 11) is 4.93. The molecule has 0 atom stereocenters. The molecule has 3 rings (SSSR count). The van der Waals surface area contributed by atoms with E-state index in [1.807, 2.05) is 42.5 Å². The number of benzene rings is 2. The van der Waals surface area contributed by atoms with Gasteiger partial charge < -0.3 is 25.4 Å². The fourth-order valence-corrected chi connectivity index (χ4v) is 3.61. The zero-order valence-corrected chi connectivity index (χ0v) is 17.8. The van der Waals surface area contributed by atoms with E-state index in [9.17, 15) is 4.79 Å². The van der Waals surface area contributed by atoms with Gasteiger partial charge in [0, 0.05) is 37.0 Å². The van der Waals surface area contributed by atoms with Crippen LogP contribution in [0.2, 0.25) is 0 Å². The Bertz CT molecular complexity index is 892. The quantitative estimate of drug-likeness (QED) is 0.474. The molecule has 160 valence electrons. The lowest BCUT2D eigenvalue weighted by Gasteiger charge is -2.15.